The molecule has 7 heteroatoms. The van der Waals surface area contributed by atoms with Crippen molar-refractivity contribution in [2.75, 3.05) is 5.32 Å². The van der Waals surface area contributed by atoms with E-state index in [1.165, 1.54) is 17.4 Å². The molecule has 0 bridgehead atoms. The molecule has 124 valence electrons. The number of benzene rings is 1. The van der Waals surface area contributed by atoms with Crippen LogP contribution in [0.1, 0.15) is 11.3 Å². The number of halogens is 1. The maximum absolute atomic E-state index is 12.3. The quantitative estimate of drug-likeness (QED) is 0.539. The number of nitrogens with zero attached hydrogens (tertiary/aromatic N) is 3. The third kappa shape index (κ3) is 2.90. The van der Waals surface area contributed by atoms with Gasteiger partial charge in [-0.3, -0.25) is 14.2 Å². The second-order valence-corrected chi connectivity index (χ2v) is 6.73. The minimum atomic E-state index is -0.241. The number of rotatable bonds is 3. The molecule has 0 fully saturated rings. The van der Waals surface area contributed by atoms with E-state index >= 15 is 0 Å². The van der Waals surface area contributed by atoms with Crippen LogP contribution in [-0.2, 0) is 4.79 Å². The molecule has 3 heterocycles. The molecule has 0 spiro atoms. The number of thiazole rings is 1. The second-order valence-electron chi connectivity index (χ2n) is 5.50. The Bertz CT molecular complexity index is 1130. The van der Waals surface area contributed by atoms with Gasteiger partial charge in [-0.2, -0.15) is 0 Å². The molecule has 4 aromatic rings. The first-order valence-electron chi connectivity index (χ1n) is 7.58. The first kappa shape index (κ1) is 15.8. The molecule has 3 aromatic heterocycles. The van der Waals surface area contributed by atoms with E-state index in [0.717, 1.165) is 27.1 Å². The predicted molar refractivity (Wildman–Crippen MR) is 102 cm³/mol. The smallest absolute Gasteiger partial charge is 0.248 e. The van der Waals surface area contributed by atoms with Gasteiger partial charge >= 0.3 is 0 Å². The fourth-order valence-electron chi connectivity index (χ4n) is 2.68. The van der Waals surface area contributed by atoms with Crippen molar-refractivity contribution in [3.05, 3.63) is 64.5 Å². The van der Waals surface area contributed by atoms with E-state index in [9.17, 15) is 4.79 Å². The molecule has 1 N–H and O–H groups in total. The van der Waals surface area contributed by atoms with E-state index in [2.05, 4.69) is 15.3 Å². The first-order chi connectivity index (χ1) is 12.1. The summed E-state index contributed by atoms with van der Waals surface area (Å²) in [6.07, 6.45) is 6.73. The summed E-state index contributed by atoms with van der Waals surface area (Å²) in [7, 11) is 0. The number of pyridine rings is 1. The summed E-state index contributed by atoms with van der Waals surface area (Å²) < 4.78 is 1.85. The molecular formula is C18H13ClN4OS. The summed E-state index contributed by atoms with van der Waals surface area (Å²) in [6.45, 7) is 1.99. The standard InChI is InChI=1S/C18H13ClN4OS/c1-11-4-5-13(12-3-2-8-20-16(11)12)21-15(24)7-6-14-17(19)22-18-23(14)9-10-25-18/h2-10H,1H3,(H,21,24)/b7-6+. The van der Waals surface area contributed by atoms with Crippen LogP contribution in [0.3, 0.4) is 0 Å². The Morgan fingerprint density at radius 1 is 1.36 bits per heavy atom. The molecule has 0 saturated carbocycles. The van der Waals surface area contributed by atoms with Crippen molar-refractivity contribution >= 4 is 56.5 Å². The largest absolute Gasteiger partial charge is 0.322 e. The van der Waals surface area contributed by atoms with Gasteiger partial charge in [0.15, 0.2) is 10.1 Å². The van der Waals surface area contributed by atoms with Gasteiger partial charge < -0.3 is 5.32 Å². The molecule has 5 nitrogen and oxygen atoms in total. The van der Waals surface area contributed by atoms with Gasteiger partial charge in [-0.15, -0.1) is 11.3 Å². The SMILES string of the molecule is Cc1ccc(NC(=O)/C=C/c2c(Cl)nc3sccn23)c2cccnc12. The lowest BCUT2D eigenvalue weighted by Gasteiger charge is -2.08. The number of nitrogens with one attached hydrogen (secondary N) is 1. The Kier molecular flexibility index (Phi) is 3.99. The van der Waals surface area contributed by atoms with Gasteiger partial charge in [0, 0.05) is 29.2 Å². The summed E-state index contributed by atoms with van der Waals surface area (Å²) in [5.74, 6) is -0.241. The average Bonchev–Trinajstić information content (AvgIpc) is 3.16. The number of carbonyl (C=O) groups excluding carboxylic acids is 1. The predicted octanol–water partition coefficient (Wildman–Crippen LogP) is 4.56. The highest BCUT2D eigenvalue weighted by Gasteiger charge is 2.10. The highest BCUT2D eigenvalue weighted by atomic mass is 35.5. The second kappa shape index (κ2) is 6.31. The monoisotopic (exact) mass is 368 g/mol. The number of fused-ring (bicyclic) bond motifs is 2. The minimum absolute atomic E-state index is 0.241. The number of amides is 1. The van der Waals surface area contributed by atoms with Gasteiger partial charge in [-0.05, 0) is 36.8 Å². The van der Waals surface area contributed by atoms with Gasteiger partial charge in [0.1, 0.15) is 0 Å². The van der Waals surface area contributed by atoms with E-state index in [1.54, 1.807) is 12.3 Å². The number of aromatic nitrogens is 3. The third-order valence-electron chi connectivity index (χ3n) is 3.88. The number of anilines is 1. The van der Waals surface area contributed by atoms with Crippen LogP contribution in [0.4, 0.5) is 5.69 Å². The Labute approximate surface area is 152 Å². The average molecular weight is 369 g/mol. The fraction of sp³-hybridized carbons (Fsp3) is 0.0556. The molecule has 0 aliphatic heterocycles. The van der Waals surface area contributed by atoms with Crippen molar-refractivity contribution < 1.29 is 4.79 Å². The van der Waals surface area contributed by atoms with E-state index in [0.29, 0.717) is 10.8 Å². The Hall–Kier alpha value is -2.70. The Morgan fingerprint density at radius 3 is 3.12 bits per heavy atom. The summed E-state index contributed by atoms with van der Waals surface area (Å²) in [5.41, 5.74) is 3.35. The van der Waals surface area contributed by atoms with Crippen LogP contribution in [0.15, 0.2) is 48.1 Å². The van der Waals surface area contributed by atoms with Crippen molar-refractivity contribution in [2.24, 2.45) is 0 Å². The van der Waals surface area contributed by atoms with Gasteiger partial charge in [0.2, 0.25) is 5.91 Å². The highest BCUT2D eigenvalue weighted by molar-refractivity contribution is 7.15. The van der Waals surface area contributed by atoms with Crippen molar-refractivity contribution in [3.8, 4) is 0 Å². The van der Waals surface area contributed by atoms with Crippen molar-refractivity contribution in [2.45, 2.75) is 6.92 Å². The molecular weight excluding hydrogens is 356 g/mol. The lowest BCUT2D eigenvalue weighted by Crippen LogP contribution is -2.08. The van der Waals surface area contributed by atoms with Crippen LogP contribution in [0.2, 0.25) is 5.15 Å². The van der Waals surface area contributed by atoms with E-state index in [4.69, 9.17) is 11.6 Å². The topological polar surface area (TPSA) is 59.3 Å². The van der Waals surface area contributed by atoms with Crippen LogP contribution >= 0.6 is 22.9 Å². The normalized spacial score (nSPS) is 11.6. The third-order valence-corrected chi connectivity index (χ3v) is 4.91. The van der Waals surface area contributed by atoms with Crippen molar-refractivity contribution in [1.29, 1.82) is 0 Å². The van der Waals surface area contributed by atoms with Gasteiger partial charge in [0.25, 0.3) is 0 Å². The lowest BCUT2D eigenvalue weighted by atomic mass is 10.1. The van der Waals surface area contributed by atoms with E-state index in [1.807, 2.05) is 47.2 Å². The molecule has 0 radical (unpaired) electrons. The van der Waals surface area contributed by atoms with Gasteiger partial charge in [-0.1, -0.05) is 17.7 Å². The fourth-order valence-corrected chi connectivity index (χ4v) is 3.68. The highest BCUT2D eigenvalue weighted by Crippen LogP contribution is 2.25. The minimum Gasteiger partial charge on any atom is -0.322 e. The first-order valence-corrected chi connectivity index (χ1v) is 8.84. The number of imidazole rings is 1. The molecule has 1 aromatic carbocycles. The van der Waals surface area contributed by atoms with Gasteiger partial charge in [0.05, 0.1) is 16.9 Å². The summed E-state index contributed by atoms with van der Waals surface area (Å²) in [5, 5.41) is 6.10. The Morgan fingerprint density at radius 2 is 2.24 bits per heavy atom. The number of hydrogen-bond donors (Lipinski definition) is 1. The molecule has 1 amide bonds. The van der Waals surface area contributed by atoms with Crippen LogP contribution in [0.5, 0.6) is 0 Å². The number of aryl methyl sites for hydroxylation is 1. The van der Waals surface area contributed by atoms with Crippen LogP contribution in [0, 0.1) is 6.92 Å². The zero-order valence-corrected chi connectivity index (χ0v) is 14.8. The van der Waals surface area contributed by atoms with Crippen LogP contribution in [-0.4, -0.2) is 20.3 Å². The zero-order valence-electron chi connectivity index (χ0n) is 13.2. The summed E-state index contributed by atoms with van der Waals surface area (Å²) >= 11 is 7.62. The van der Waals surface area contributed by atoms with E-state index in [-0.39, 0.29) is 5.91 Å². The van der Waals surface area contributed by atoms with Crippen molar-refractivity contribution in [3.63, 3.8) is 0 Å². The molecule has 4 rings (SSSR count). The summed E-state index contributed by atoms with van der Waals surface area (Å²) in [4.78, 5) is 21.7. The molecule has 0 aliphatic carbocycles. The Balaban J connectivity index is 1.62. The maximum Gasteiger partial charge on any atom is 0.248 e. The molecule has 0 unspecified atom stereocenters. The number of hydrogen-bond acceptors (Lipinski definition) is 4. The van der Waals surface area contributed by atoms with Crippen LogP contribution in [0.25, 0.3) is 21.9 Å². The molecule has 25 heavy (non-hydrogen) atoms. The zero-order chi connectivity index (χ0) is 17.4. The summed E-state index contributed by atoms with van der Waals surface area (Å²) in [6, 6.07) is 7.62. The molecule has 0 saturated heterocycles. The maximum atomic E-state index is 12.3. The lowest BCUT2D eigenvalue weighted by molar-refractivity contribution is -0.111. The van der Waals surface area contributed by atoms with Crippen molar-refractivity contribution in [1.82, 2.24) is 14.4 Å². The molecule has 0 aliphatic rings. The van der Waals surface area contributed by atoms with Crippen LogP contribution < -0.4 is 5.32 Å². The van der Waals surface area contributed by atoms with E-state index < -0.39 is 0 Å². The number of carbonyl (C=O) groups is 1. The van der Waals surface area contributed by atoms with Gasteiger partial charge in [-0.25, -0.2) is 4.98 Å². The molecule has 0 atom stereocenters.